The standard InChI is InChI=1S/C21H23N5O3/c27-26(28)19-3-2-18-13-22-25(20(18)12-19)15-24-8-6-23(7-9-24)14-16-1-4-21-17(11-16)5-10-29-21/h1-4,11-13H,5-10,14-15H2. The highest BCUT2D eigenvalue weighted by Crippen LogP contribution is 2.26. The summed E-state index contributed by atoms with van der Waals surface area (Å²) in [4.78, 5) is 15.5. The van der Waals surface area contributed by atoms with E-state index in [1.165, 1.54) is 17.2 Å². The highest BCUT2D eigenvalue weighted by molar-refractivity contribution is 5.80. The van der Waals surface area contributed by atoms with Crippen molar-refractivity contribution < 1.29 is 9.66 Å². The molecule has 0 unspecified atom stereocenters. The van der Waals surface area contributed by atoms with Crippen molar-refractivity contribution in [1.29, 1.82) is 0 Å². The summed E-state index contributed by atoms with van der Waals surface area (Å²) >= 11 is 0. The fourth-order valence-electron chi connectivity index (χ4n) is 4.16. The first kappa shape index (κ1) is 18.1. The number of piperazine rings is 1. The monoisotopic (exact) mass is 393 g/mol. The smallest absolute Gasteiger partial charge is 0.271 e. The lowest BCUT2D eigenvalue weighted by Gasteiger charge is -2.34. The van der Waals surface area contributed by atoms with E-state index in [1.807, 2.05) is 4.68 Å². The molecule has 0 radical (unpaired) electrons. The van der Waals surface area contributed by atoms with Gasteiger partial charge in [-0.15, -0.1) is 0 Å². The zero-order valence-corrected chi connectivity index (χ0v) is 16.2. The van der Waals surface area contributed by atoms with Crippen LogP contribution in [-0.2, 0) is 19.6 Å². The van der Waals surface area contributed by atoms with Gasteiger partial charge in [0.25, 0.3) is 5.69 Å². The summed E-state index contributed by atoms with van der Waals surface area (Å²) in [6.45, 7) is 6.28. The second-order valence-electron chi connectivity index (χ2n) is 7.72. The van der Waals surface area contributed by atoms with E-state index in [2.05, 4.69) is 33.1 Å². The Bertz CT molecular complexity index is 1060. The molecule has 1 aromatic heterocycles. The minimum Gasteiger partial charge on any atom is -0.493 e. The van der Waals surface area contributed by atoms with Crippen molar-refractivity contribution in [2.75, 3.05) is 32.8 Å². The molecule has 0 aliphatic carbocycles. The van der Waals surface area contributed by atoms with Crippen LogP contribution < -0.4 is 4.74 Å². The second-order valence-corrected chi connectivity index (χ2v) is 7.72. The first-order chi connectivity index (χ1) is 14.2. The fourth-order valence-corrected chi connectivity index (χ4v) is 4.16. The van der Waals surface area contributed by atoms with Gasteiger partial charge in [-0.1, -0.05) is 12.1 Å². The van der Waals surface area contributed by atoms with Crippen molar-refractivity contribution in [2.45, 2.75) is 19.6 Å². The lowest BCUT2D eigenvalue weighted by Crippen LogP contribution is -2.46. The molecule has 8 heteroatoms. The topological polar surface area (TPSA) is 76.7 Å². The number of rotatable bonds is 5. The van der Waals surface area contributed by atoms with Crippen LogP contribution >= 0.6 is 0 Å². The number of hydrogen-bond acceptors (Lipinski definition) is 6. The second kappa shape index (κ2) is 7.46. The molecule has 0 saturated carbocycles. The molecule has 2 aromatic carbocycles. The quantitative estimate of drug-likeness (QED) is 0.490. The van der Waals surface area contributed by atoms with Crippen LogP contribution in [0.2, 0.25) is 0 Å². The first-order valence-corrected chi connectivity index (χ1v) is 9.95. The maximum atomic E-state index is 11.1. The largest absolute Gasteiger partial charge is 0.493 e. The number of nitro groups is 1. The van der Waals surface area contributed by atoms with E-state index in [9.17, 15) is 10.1 Å². The van der Waals surface area contributed by atoms with Gasteiger partial charge >= 0.3 is 0 Å². The number of nitrogens with zero attached hydrogens (tertiary/aromatic N) is 5. The summed E-state index contributed by atoms with van der Waals surface area (Å²) in [5.74, 6) is 1.03. The molecule has 1 fully saturated rings. The minimum absolute atomic E-state index is 0.101. The maximum Gasteiger partial charge on any atom is 0.271 e. The predicted octanol–water partition coefficient (Wildman–Crippen LogP) is 2.65. The van der Waals surface area contributed by atoms with Gasteiger partial charge in [-0.3, -0.25) is 24.6 Å². The molecule has 3 aromatic rings. The number of aromatic nitrogens is 2. The van der Waals surface area contributed by atoms with E-state index in [0.717, 1.165) is 62.4 Å². The lowest BCUT2D eigenvalue weighted by molar-refractivity contribution is -0.384. The molecule has 0 bridgehead atoms. The van der Waals surface area contributed by atoms with Crippen LogP contribution in [0.4, 0.5) is 5.69 Å². The van der Waals surface area contributed by atoms with Crippen LogP contribution in [0, 0.1) is 10.1 Å². The average molecular weight is 393 g/mol. The predicted molar refractivity (Wildman–Crippen MR) is 109 cm³/mol. The number of fused-ring (bicyclic) bond motifs is 2. The summed E-state index contributed by atoms with van der Waals surface area (Å²) in [6.07, 6.45) is 2.78. The van der Waals surface area contributed by atoms with Crippen LogP contribution in [0.3, 0.4) is 0 Å². The molecule has 0 N–H and O–H groups in total. The van der Waals surface area contributed by atoms with Crippen molar-refractivity contribution in [3.8, 4) is 5.75 Å². The van der Waals surface area contributed by atoms with E-state index in [4.69, 9.17) is 4.74 Å². The van der Waals surface area contributed by atoms with Crippen LogP contribution in [0.25, 0.3) is 10.9 Å². The van der Waals surface area contributed by atoms with Crippen LogP contribution in [0.1, 0.15) is 11.1 Å². The molecule has 2 aliphatic heterocycles. The van der Waals surface area contributed by atoms with Crippen LogP contribution in [-0.4, -0.2) is 57.3 Å². The average Bonchev–Trinajstić information content (AvgIpc) is 3.35. The van der Waals surface area contributed by atoms with Crippen molar-refractivity contribution >= 4 is 16.6 Å². The number of nitro benzene ring substituents is 1. The molecule has 150 valence electrons. The third-order valence-corrected chi connectivity index (χ3v) is 5.80. The van der Waals surface area contributed by atoms with Gasteiger partial charge in [0.05, 0.1) is 29.9 Å². The normalized spacial score (nSPS) is 17.4. The van der Waals surface area contributed by atoms with Crippen molar-refractivity contribution in [2.24, 2.45) is 0 Å². The zero-order valence-electron chi connectivity index (χ0n) is 16.2. The molecule has 0 amide bonds. The Morgan fingerprint density at radius 1 is 1.07 bits per heavy atom. The Labute approximate surface area is 168 Å². The lowest BCUT2D eigenvalue weighted by atomic mass is 10.1. The molecular formula is C21H23N5O3. The Morgan fingerprint density at radius 2 is 1.90 bits per heavy atom. The van der Waals surface area contributed by atoms with Crippen molar-refractivity contribution in [1.82, 2.24) is 19.6 Å². The highest BCUT2D eigenvalue weighted by atomic mass is 16.6. The Kier molecular flexibility index (Phi) is 4.65. The first-order valence-electron chi connectivity index (χ1n) is 9.95. The summed E-state index contributed by atoms with van der Waals surface area (Å²) < 4.78 is 7.45. The highest BCUT2D eigenvalue weighted by Gasteiger charge is 2.20. The zero-order chi connectivity index (χ0) is 19.8. The van der Waals surface area contributed by atoms with E-state index >= 15 is 0 Å². The summed E-state index contributed by atoms with van der Waals surface area (Å²) in [5, 5.41) is 16.4. The van der Waals surface area contributed by atoms with Gasteiger partial charge in [-0.25, -0.2) is 0 Å². The SMILES string of the molecule is O=[N+]([O-])c1ccc2cnn(CN3CCN(Cc4ccc5c(c4)CCO5)CC3)c2c1. The van der Waals surface area contributed by atoms with Crippen LogP contribution in [0.15, 0.2) is 42.6 Å². The number of non-ortho nitro benzene ring substituents is 1. The van der Waals surface area contributed by atoms with E-state index in [0.29, 0.717) is 6.67 Å². The number of hydrogen-bond donors (Lipinski definition) is 0. The van der Waals surface area contributed by atoms with Gasteiger partial charge in [0.1, 0.15) is 5.75 Å². The molecule has 2 aliphatic rings. The number of ether oxygens (including phenoxy) is 1. The Balaban J connectivity index is 1.21. The molecule has 1 saturated heterocycles. The third kappa shape index (κ3) is 3.68. The summed E-state index contributed by atoms with van der Waals surface area (Å²) in [7, 11) is 0. The molecule has 8 nitrogen and oxygen atoms in total. The van der Waals surface area contributed by atoms with Gasteiger partial charge in [-0.05, 0) is 23.3 Å². The molecule has 0 atom stereocenters. The van der Waals surface area contributed by atoms with Crippen molar-refractivity contribution in [3.05, 3.63) is 63.8 Å². The molecule has 3 heterocycles. The van der Waals surface area contributed by atoms with Gasteiger partial charge in [0.2, 0.25) is 0 Å². The van der Waals surface area contributed by atoms with Crippen LogP contribution in [0.5, 0.6) is 5.75 Å². The Morgan fingerprint density at radius 3 is 2.72 bits per heavy atom. The van der Waals surface area contributed by atoms with Gasteiger partial charge < -0.3 is 4.74 Å². The van der Waals surface area contributed by atoms with Gasteiger partial charge in [0.15, 0.2) is 0 Å². The maximum absolute atomic E-state index is 11.1. The molecular weight excluding hydrogens is 370 g/mol. The molecule has 0 spiro atoms. The summed E-state index contributed by atoms with van der Waals surface area (Å²) in [5.41, 5.74) is 3.57. The van der Waals surface area contributed by atoms with E-state index < -0.39 is 0 Å². The van der Waals surface area contributed by atoms with E-state index in [1.54, 1.807) is 18.3 Å². The Hall–Kier alpha value is -2.97. The van der Waals surface area contributed by atoms with E-state index in [-0.39, 0.29) is 10.6 Å². The van der Waals surface area contributed by atoms with Gasteiger partial charge in [0, 0.05) is 56.7 Å². The fraction of sp³-hybridized carbons (Fsp3) is 0.381. The number of benzene rings is 2. The van der Waals surface area contributed by atoms with Gasteiger partial charge in [-0.2, -0.15) is 5.10 Å². The minimum atomic E-state index is -0.360. The van der Waals surface area contributed by atoms with Crippen molar-refractivity contribution in [3.63, 3.8) is 0 Å². The molecule has 29 heavy (non-hydrogen) atoms. The summed E-state index contributed by atoms with van der Waals surface area (Å²) in [6, 6.07) is 11.4. The molecule has 5 rings (SSSR count). The third-order valence-electron chi connectivity index (χ3n) is 5.80.